The van der Waals surface area contributed by atoms with Crippen molar-refractivity contribution in [2.24, 2.45) is 17.6 Å². The molecule has 3 unspecified atom stereocenters. The zero-order valence-corrected chi connectivity index (χ0v) is 11.5. The van der Waals surface area contributed by atoms with Crippen LogP contribution < -0.4 is 5.73 Å². The zero-order chi connectivity index (χ0) is 13.3. The van der Waals surface area contributed by atoms with Crippen molar-refractivity contribution in [3.05, 3.63) is 35.1 Å². The predicted octanol–water partition coefficient (Wildman–Crippen LogP) is 2.72. The standard InChI is InChI=1S/C15H23FN2/c1-10-4-5-14(16)13(6-10)15(8-17)18(3)9-12-7-11(12)2/h4-6,11-12,15H,7-9,17H2,1-3H3. The molecule has 1 aromatic carbocycles. The van der Waals surface area contributed by atoms with Crippen LogP contribution in [0.2, 0.25) is 0 Å². The van der Waals surface area contributed by atoms with Gasteiger partial charge in [0.1, 0.15) is 5.82 Å². The molecular weight excluding hydrogens is 227 g/mol. The molecule has 3 heteroatoms. The van der Waals surface area contributed by atoms with Crippen LogP contribution in [0.25, 0.3) is 0 Å². The van der Waals surface area contributed by atoms with Crippen molar-refractivity contribution >= 4 is 0 Å². The minimum absolute atomic E-state index is 0.0160. The maximum absolute atomic E-state index is 13.9. The van der Waals surface area contributed by atoms with E-state index in [9.17, 15) is 4.39 Å². The normalized spacial score (nSPS) is 24.3. The first-order chi connectivity index (χ1) is 8.52. The van der Waals surface area contributed by atoms with Crippen LogP contribution in [-0.2, 0) is 0 Å². The summed E-state index contributed by atoms with van der Waals surface area (Å²) in [6.45, 7) is 5.72. The molecule has 3 atom stereocenters. The molecule has 0 aliphatic heterocycles. The number of hydrogen-bond acceptors (Lipinski definition) is 2. The third-order valence-electron chi connectivity index (χ3n) is 4.06. The van der Waals surface area contributed by atoms with Crippen molar-refractivity contribution in [3.8, 4) is 0 Å². The van der Waals surface area contributed by atoms with Crippen LogP contribution in [0.1, 0.15) is 30.5 Å². The fourth-order valence-corrected chi connectivity index (χ4v) is 2.61. The summed E-state index contributed by atoms with van der Waals surface area (Å²) >= 11 is 0. The minimum atomic E-state index is -0.147. The molecule has 2 N–H and O–H groups in total. The summed E-state index contributed by atoms with van der Waals surface area (Å²) in [5, 5.41) is 0. The summed E-state index contributed by atoms with van der Waals surface area (Å²) in [6.07, 6.45) is 1.29. The van der Waals surface area contributed by atoms with Gasteiger partial charge in [-0.2, -0.15) is 0 Å². The molecule has 0 aromatic heterocycles. The third kappa shape index (κ3) is 2.90. The van der Waals surface area contributed by atoms with E-state index in [1.807, 2.05) is 20.0 Å². The average molecular weight is 250 g/mol. The van der Waals surface area contributed by atoms with Gasteiger partial charge in [0.05, 0.1) is 0 Å². The van der Waals surface area contributed by atoms with Gasteiger partial charge in [0.15, 0.2) is 0 Å². The van der Waals surface area contributed by atoms with E-state index in [0.717, 1.165) is 29.5 Å². The molecule has 100 valence electrons. The Hall–Kier alpha value is -0.930. The predicted molar refractivity (Wildman–Crippen MR) is 72.8 cm³/mol. The number of aryl methyl sites for hydroxylation is 1. The molecule has 0 bridgehead atoms. The van der Waals surface area contributed by atoms with Gasteiger partial charge >= 0.3 is 0 Å². The lowest BCUT2D eigenvalue weighted by atomic mass is 10.0. The molecule has 1 aliphatic rings. The van der Waals surface area contributed by atoms with Crippen LogP contribution in [0.5, 0.6) is 0 Å². The molecule has 2 rings (SSSR count). The Morgan fingerprint density at radius 1 is 1.50 bits per heavy atom. The summed E-state index contributed by atoms with van der Waals surface area (Å²) in [5.41, 5.74) is 7.66. The number of rotatable bonds is 5. The number of likely N-dealkylation sites (N-methyl/N-ethyl adjacent to an activating group) is 1. The Balaban J connectivity index is 2.13. The highest BCUT2D eigenvalue weighted by Gasteiger charge is 2.34. The smallest absolute Gasteiger partial charge is 0.128 e. The Morgan fingerprint density at radius 3 is 2.72 bits per heavy atom. The highest BCUT2D eigenvalue weighted by atomic mass is 19.1. The molecule has 1 fully saturated rings. The third-order valence-corrected chi connectivity index (χ3v) is 4.06. The van der Waals surface area contributed by atoms with E-state index in [2.05, 4.69) is 11.8 Å². The maximum atomic E-state index is 13.9. The van der Waals surface area contributed by atoms with E-state index in [-0.39, 0.29) is 11.9 Å². The number of nitrogens with two attached hydrogens (primary N) is 1. The van der Waals surface area contributed by atoms with Gasteiger partial charge in [-0.3, -0.25) is 4.90 Å². The van der Waals surface area contributed by atoms with E-state index in [4.69, 9.17) is 5.73 Å². The quantitative estimate of drug-likeness (QED) is 0.870. The van der Waals surface area contributed by atoms with E-state index in [1.54, 1.807) is 12.1 Å². The van der Waals surface area contributed by atoms with Crippen molar-refractivity contribution in [3.63, 3.8) is 0 Å². The molecule has 2 nitrogen and oxygen atoms in total. The molecule has 0 radical (unpaired) electrons. The Bertz CT molecular complexity index is 419. The molecule has 0 spiro atoms. The lowest BCUT2D eigenvalue weighted by molar-refractivity contribution is 0.232. The largest absolute Gasteiger partial charge is 0.329 e. The second kappa shape index (κ2) is 5.37. The summed E-state index contributed by atoms with van der Waals surface area (Å²) < 4.78 is 13.9. The lowest BCUT2D eigenvalue weighted by Gasteiger charge is -2.28. The van der Waals surface area contributed by atoms with Crippen LogP contribution in [-0.4, -0.2) is 25.0 Å². The van der Waals surface area contributed by atoms with E-state index in [1.165, 1.54) is 6.42 Å². The van der Waals surface area contributed by atoms with E-state index >= 15 is 0 Å². The van der Waals surface area contributed by atoms with Crippen LogP contribution in [0.15, 0.2) is 18.2 Å². The highest BCUT2D eigenvalue weighted by Crippen LogP contribution is 2.39. The van der Waals surface area contributed by atoms with Crippen LogP contribution in [0, 0.1) is 24.6 Å². The van der Waals surface area contributed by atoms with Crippen LogP contribution >= 0.6 is 0 Å². The highest BCUT2D eigenvalue weighted by molar-refractivity contribution is 5.27. The second-order valence-electron chi connectivity index (χ2n) is 5.69. The average Bonchev–Trinajstić information content (AvgIpc) is 3.00. The number of hydrogen-bond donors (Lipinski definition) is 1. The topological polar surface area (TPSA) is 29.3 Å². The van der Waals surface area contributed by atoms with Crippen molar-refractivity contribution in [1.82, 2.24) is 4.90 Å². The van der Waals surface area contributed by atoms with Gasteiger partial charge in [-0.15, -0.1) is 0 Å². The van der Waals surface area contributed by atoms with Gasteiger partial charge in [0.25, 0.3) is 0 Å². The minimum Gasteiger partial charge on any atom is -0.329 e. The van der Waals surface area contributed by atoms with Crippen LogP contribution in [0.3, 0.4) is 0 Å². The van der Waals surface area contributed by atoms with E-state index in [0.29, 0.717) is 6.54 Å². The zero-order valence-electron chi connectivity index (χ0n) is 11.5. The van der Waals surface area contributed by atoms with Crippen molar-refractivity contribution in [2.45, 2.75) is 26.3 Å². The fraction of sp³-hybridized carbons (Fsp3) is 0.600. The van der Waals surface area contributed by atoms with Gasteiger partial charge in [0, 0.05) is 24.7 Å². The Kier molecular flexibility index (Phi) is 4.03. The summed E-state index contributed by atoms with van der Waals surface area (Å²) in [5.74, 6) is 1.43. The molecule has 0 amide bonds. The van der Waals surface area contributed by atoms with Crippen LogP contribution in [0.4, 0.5) is 4.39 Å². The molecule has 0 heterocycles. The summed E-state index contributed by atoms with van der Waals surface area (Å²) in [4.78, 5) is 2.20. The van der Waals surface area contributed by atoms with Crippen molar-refractivity contribution < 1.29 is 4.39 Å². The molecule has 1 aromatic rings. The summed E-state index contributed by atoms with van der Waals surface area (Å²) in [7, 11) is 2.05. The van der Waals surface area contributed by atoms with Crippen molar-refractivity contribution in [2.75, 3.05) is 20.1 Å². The SMILES string of the molecule is Cc1ccc(F)c(C(CN)N(C)CC2CC2C)c1. The second-order valence-corrected chi connectivity index (χ2v) is 5.69. The maximum Gasteiger partial charge on any atom is 0.128 e. The lowest BCUT2D eigenvalue weighted by Crippen LogP contribution is -2.33. The number of benzene rings is 1. The molecule has 18 heavy (non-hydrogen) atoms. The molecule has 1 aliphatic carbocycles. The number of nitrogens with zero attached hydrogens (tertiary/aromatic N) is 1. The first-order valence-electron chi connectivity index (χ1n) is 6.69. The van der Waals surface area contributed by atoms with Gasteiger partial charge in [0.2, 0.25) is 0 Å². The molecule has 1 saturated carbocycles. The van der Waals surface area contributed by atoms with E-state index < -0.39 is 0 Å². The molecule has 0 saturated heterocycles. The number of halogens is 1. The first-order valence-corrected chi connectivity index (χ1v) is 6.69. The van der Waals surface area contributed by atoms with Crippen molar-refractivity contribution in [1.29, 1.82) is 0 Å². The Morgan fingerprint density at radius 2 is 2.17 bits per heavy atom. The van der Waals surface area contributed by atoms with Gasteiger partial charge < -0.3 is 5.73 Å². The summed E-state index contributed by atoms with van der Waals surface area (Å²) in [6, 6.07) is 5.24. The Labute approximate surface area is 109 Å². The molecular formula is C15H23FN2. The van der Waals surface area contributed by atoms with Gasteiger partial charge in [-0.25, -0.2) is 4.39 Å². The van der Waals surface area contributed by atoms with Gasteiger partial charge in [-0.05, 0) is 38.3 Å². The fourth-order valence-electron chi connectivity index (χ4n) is 2.61. The first kappa shape index (κ1) is 13.5. The van der Waals surface area contributed by atoms with Gasteiger partial charge in [-0.1, -0.05) is 24.6 Å². The monoisotopic (exact) mass is 250 g/mol.